The third-order valence-electron chi connectivity index (χ3n) is 2.50. The van der Waals surface area contributed by atoms with Gasteiger partial charge in [0.2, 0.25) is 0 Å². The maximum absolute atomic E-state index is 5.67. The summed E-state index contributed by atoms with van der Waals surface area (Å²) in [5, 5.41) is 3.13. The Bertz CT molecular complexity index is 279. The fraction of sp³-hybridized carbons (Fsp3) is 0.571. The van der Waals surface area contributed by atoms with Crippen molar-refractivity contribution in [2.24, 2.45) is 5.92 Å². The van der Waals surface area contributed by atoms with Crippen LogP contribution in [0.2, 0.25) is 0 Å². The van der Waals surface area contributed by atoms with Crippen LogP contribution in [0.1, 0.15) is 32.3 Å². The lowest BCUT2D eigenvalue weighted by Gasteiger charge is -2.08. The Morgan fingerprint density at radius 3 is 2.44 bits per heavy atom. The molecule has 0 fully saturated rings. The molecule has 1 aromatic carbocycles. The normalized spacial score (nSPS) is 10.8. The summed E-state index contributed by atoms with van der Waals surface area (Å²) in [6.07, 6.45) is 2.37. The molecule has 16 heavy (non-hydrogen) atoms. The van der Waals surface area contributed by atoms with Crippen LogP contribution in [0, 0.1) is 5.92 Å². The van der Waals surface area contributed by atoms with E-state index in [0.29, 0.717) is 0 Å². The monoisotopic (exact) mass is 221 g/mol. The molecule has 1 rings (SSSR count). The first kappa shape index (κ1) is 13.0. The van der Waals surface area contributed by atoms with Crippen molar-refractivity contribution in [3.05, 3.63) is 29.8 Å². The first-order chi connectivity index (χ1) is 7.72. The van der Waals surface area contributed by atoms with Crippen molar-refractivity contribution in [3.8, 4) is 5.75 Å². The molecule has 2 heteroatoms. The van der Waals surface area contributed by atoms with Crippen molar-refractivity contribution in [2.75, 3.05) is 13.7 Å². The highest BCUT2D eigenvalue weighted by Crippen LogP contribution is 2.13. The van der Waals surface area contributed by atoms with Gasteiger partial charge in [-0.15, -0.1) is 0 Å². The number of benzene rings is 1. The van der Waals surface area contributed by atoms with Crippen LogP contribution in [0.5, 0.6) is 5.75 Å². The van der Waals surface area contributed by atoms with Gasteiger partial charge < -0.3 is 10.1 Å². The minimum absolute atomic E-state index is 0.765. The molecule has 2 nitrogen and oxygen atoms in total. The van der Waals surface area contributed by atoms with Gasteiger partial charge in [0.15, 0.2) is 0 Å². The van der Waals surface area contributed by atoms with Gasteiger partial charge in [-0.25, -0.2) is 0 Å². The van der Waals surface area contributed by atoms with Crippen LogP contribution in [0.4, 0.5) is 0 Å². The molecule has 0 aromatic heterocycles. The Labute approximate surface area is 99.0 Å². The summed E-state index contributed by atoms with van der Waals surface area (Å²) in [6, 6.07) is 8.30. The zero-order valence-corrected chi connectivity index (χ0v) is 10.6. The van der Waals surface area contributed by atoms with Crippen LogP contribution in [0.15, 0.2) is 24.3 Å². The summed E-state index contributed by atoms with van der Waals surface area (Å²) in [5.41, 5.74) is 1.29. The van der Waals surface area contributed by atoms with Gasteiger partial charge in [-0.05, 0) is 43.5 Å². The summed E-state index contributed by atoms with van der Waals surface area (Å²) in [7, 11) is 1.95. The van der Waals surface area contributed by atoms with Crippen molar-refractivity contribution in [3.63, 3.8) is 0 Å². The zero-order valence-electron chi connectivity index (χ0n) is 10.6. The lowest BCUT2D eigenvalue weighted by Crippen LogP contribution is -2.05. The molecule has 90 valence electrons. The molecule has 0 saturated heterocycles. The third kappa shape index (κ3) is 5.17. The van der Waals surface area contributed by atoms with E-state index in [1.807, 2.05) is 19.2 Å². The lowest BCUT2D eigenvalue weighted by molar-refractivity contribution is 0.297. The predicted octanol–water partition coefficient (Wildman–Crippen LogP) is 3.22. The molecule has 0 amide bonds. The number of nitrogens with one attached hydrogen (secondary N) is 1. The van der Waals surface area contributed by atoms with Crippen LogP contribution in [0.25, 0.3) is 0 Å². The number of hydrogen-bond donors (Lipinski definition) is 1. The van der Waals surface area contributed by atoms with Crippen LogP contribution in [0.3, 0.4) is 0 Å². The van der Waals surface area contributed by atoms with Crippen LogP contribution in [-0.2, 0) is 6.54 Å². The summed E-state index contributed by atoms with van der Waals surface area (Å²) >= 11 is 0. The Morgan fingerprint density at radius 1 is 1.19 bits per heavy atom. The maximum atomic E-state index is 5.67. The van der Waals surface area contributed by atoms with Crippen molar-refractivity contribution >= 4 is 0 Å². The van der Waals surface area contributed by atoms with E-state index in [1.54, 1.807) is 0 Å². The minimum Gasteiger partial charge on any atom is -0.494 e. The third-order valence-corrected chi connectivity index (χ3v) is 2.50. The SMILES string of the molecule is CNCc1ccc(OCCCC(C)C)cc1. The van der Waals surface area contributed by atoms with E-state index in [0.717, 1.165) is 31.2 Å². The van der Waals surface area contributed by atoms with Gasteiger partial charge in [-0.3, -0.25) is 0 Å². The topological polar surface area (TPSA) is 21.3 Å². The van der Waals surface area contributed by atoms with E-state index in [1.165, 1.54) is 12.0 Å². The average molecular weight is 221 g/mol. The highest BCUT2D eigenvalue weighted by Gasteiger charge is 1.97. The van der Waals surface area contributed by atoms with E-state index in [9.17, 15) is 0 Å². The molecule has 1 N–H and O–H groups in total. The molecular formula is C14H23NO. The van der Waals surface area contributed by atoms with Crippen LogP contribution >= 0.6 is 0 Å². The van der Waals surface area contributed by atoms with Gasteiger partial charge in [-0.1, -0.05) is 26.0 Å². The molecule has 0 aliphatic rings. The van der Waals surface area contributed by atoms with E-state index in [-0.39, 0.29) is 0 Å². The highest BCUT2D eigenvalue weighted by atomic mass is 16.5. The molecule has 0 heterocycles. The standard InChI is InChI=1S/C14H23NO/c1-12(2)5-4-10-16-14-8-6-13(7-9-14)11-15-3/h6-9,12,15H,4-5,10-11H2,1-3H3. The van der Waals surface area contributed by atoms with E-state index < -0.39 is 0 Å². The lowest BCUT2D eigenvalue weighted by atomic mass is 10.1. The van der Waals surface area contributed by atoms with Crippen molar-refractivity contribution in [2.45, 2.75) is 33.2 Å². The van der Waals surface area contributed by atoms with Gasteiger partial charge in [0.25, 0.3) is 0 Å². The molecule has 1 aromatic rings. The predicted molar refractivity (Wildman–Crippen MR) is 68.8 cm³/mol. The Balaban J connectivity index is 2.26. The molecule has 0 bridgehead atoms. The average Bonchev–Trinajstić information content (AvgIpc) is 2.27. The first-order valence-corrected chi connectivity index (χ1v) is 6.08. The second-order valence-corrected chi connectivity index (χ2v) is 4.56. The number of ether oxygens (including phenoxy) is 1. The summed E-state index contributed by atoms with van der Waals surface area (Å²) < 4.78 is 5.67. The molecule has 0 radical (unpaired) electrons. The smallest absolute Gasteiger partial charge is 0.119 e. The van der Waals surface area contributed by atoms with Crippen molar-refractivity contribution < 1.29 is 4.74 Å². The maximum Gasteiger partial charge on any atom is 0.119 e. The van der Waals surface area contributed by atoms with Gasteiger partial charge >= 0.3 is 0 Å². The Hall–Kier alpha value is -1.02. The molecule has 0 atom stereocenters. The fourth-order valence-corrected chi connectivity index (χ4v) is 1.59. The quantitative estimate of drug-likeness (QED) is 0.714. The van der Waals surface area contributed by atoms with Gasteiger partial charge in [0.1, 0.15) is 5.75 Å². The zero-order chi connectivity index (χ0) is 11.8. The Morgan fingerprint density at radius 2 is 1.88 bits per heavy atom. The number of rotatable bonds is 7. The summed E-state index contributed by atoms with van der Waals surface area (Å²) in [5.74, 6) is 1.74. The second kappa shape index (κ2) is 7.29. The van der Waals surface area contributed by atoms with Gasteiger partial charge in [-0.2, -0.15) is 0 Å². The van der Waals surface area contributed by atoms with E-state index in [4.69, 9.17) is 4.74 Å². The molecule has 0 unspecified atom stereocenters. The molecule has 0 saturated carbocycles. The number of hydrogen-bond acceptors (Lipinski definition) is 2. The second-order valence-electron chi connectivity index (χ2n) is 4.56. The van der Waals surface area contributed by atoms with Crippen molar-refractivity contribution in [1.82, 2.24) is 5.32 Å². The largest absolute Gasteiger partial charge is 0.494 e. The summed E-state index contributed by atoms with van der Waals surface area (Å²) in [4.78, 5) is 0. The van der Waals surface area contributed by atoms with E-state index >= 15 is 0 Å². The molecular weight excluding hydrogens is 198 g/mol. The van der Waals surface area contributed by atoms with Crippen LogP contribution < -0.4 is 10.1 Å². The van der Waals surface area contributed by atoms with Crippen molar-refractivity contribution in [1.29, 1.82) is 0 Å². The summed E-state index contributed by atoms with van der Waals surface area (Å²) in [6.45, 7) is 6.22. The van der Waals surface area contributed by atoms with Gasteiger partial charge in [0.05, 0.1) is 6.61 Å². The highest BCUT2D eigenvalue weighted by molar-refractivity contribution is 5.27. The first-order valence-electron chi connectivity index (χ1n) is 6.08. The minimum atomic E-state index is 0.765. The van der Waals surface area contributed by atoms with Crippen LogP contribution in [-0.4, -0.2) is 13.7 Å². The van der Waals surface area contributed by atoms with Gasteiger partial charge in [0, 0.05) is 6.54 Å². The molecule has 0 aliphatic carbocycles. The Kier molecular flexibility index (Phi) is 5.94. The molecule has 0 aliphatic heterocycles. The fourth-order valence-electron chi connectivity index (χ4n) is 1.59. The molecule has 0 spiro atoms. The van der Waals surface area contributed by atoms with E-state index in [2.05, 4.69) is 31.3 Å².